The van der Waals surface area contributed by atoms with Crippen molar-refractivity contribution in [2.24, 2.45) is 0 Å². The summed E-state index contributed by atoms with van der Waals surface area (Å²) in [5, 5.41) is 0. The Morgan fingerprint density at radius 2 is 0.929 bits per heavy atom. The van der Waals surface area contributed by atoms with Gasteiger partial charge in [-0.1, -0.05) is 103 Å². The number of rotatable bonds is 20. The highest BCUT2D eigenvalue weighted by molar-refractivity contribution is 5.59. The average molecular weight is 401 g/mol. The average Bonchev–Trinajstić information content (AvgIpc) is 2.63. The molecule has 0 heterocycles. The van der Waals surface area contributed by atoms with Crippen LogP contribution in [0.5, 0.6) is 0 Å². The van der Waals surface area contributed by atoms with E-state index in [0.717, 1.165) is 23.9 Å². The molecule has 0 saturated heterocycles. The fourth-order valence-electron chi connectivity index (χ4n) is 3.25. The monoisotopic (exact) mass is 400 g/mol. The Morgan fingerprint density at radius 3 is 1.32 bits per heavy atom. The molecule has 0 bridgehead atoms. The van der Waals surface area contributed by atoms with Crippen molar-refractivity contribution >= 4 is 6.16 Å². The van der Waals surface area contributed by atoms with Gasteiger partial charge in [0.25, 0.3) is 0 Å². The third kappa shape index (κ3) is 23.3. The summed E-state index contributed by atoms with van der Waals surface area (Å²) < 4.78 is 11.0. The van der Waals surface area contributed by atoms with E-state index in [4.69, 9.17) is 9.47 Å². The van der Waals surface area contributed by atoms with Crippen molar-refractivity contribution in [3.8, 4) is 0 Å². The van der Waals surface area contributed by atoms with Crippen molar-refractivity contribution < 1.29 is 18.8 Å². The summed E-state index contributed by atoms with van der Waals surface area (Å²) in [6, 6.07) is 0. The van der Waals surface area contributed by atoms with Gasteiger partial charge in [0.1, 0.15) is 13.2 Å². The Hall–Kier alpha value is -0.770. The van der Waals surface area contributed by atoms with Gasteiger partial charge in [-0.15, -0.1) is 0 Å². The van der Waals surface area contributed by atoms with Crippen LogP contribution in [0.15, 0.2) is 0 Å². The van der Waals surface area contributed by atoms with Crippen molar-refractivity contribution in [2.45, 2.75) is 110 Å². The van der Waals surface area contributed by atoms with E-state index in [1.54, 1.807) is 0 Å². The Kier molecular flexibility index (Phi) is 19.0. The lowest BCUT2D eigenvalue weighted by Gasteiger charge is -2.23. The SMILES string of the molecule is CCCCCCCCCCCCCCCCCCOC(=O)OCC[N+](C)(C)C. The maximum atomic E-state index is 11.4. The molecule has 0 radical (unpaired) electrons. The molecule has 0 saturated carbocycles. The summed E-state index contributed by atoms with van der Waals surface area (Å²) in [6.45, 7) is 3.99. The molecule has 0 aromatic rings. The lowest BCUT2D eigenvalue weighted by molar-refractivity contribution is -0.870. The van der Waals surface area contributed by atoms with E-state index in [0.29, 0.717) is 13.2 Å². The molecule has 168 valence electrons. The molecular formula is C24H50NO3+. The molecule has 0 aromatic heterocycles. The topological polar surface area (TPSA) is 35.5 Å². The molecule has 28 heavy (non-hydrogen) atoms. The molecule has 0 atom stereocenters. The van der Waals surface area contributed by atoms with Gasteiger partial charge in [0.2, 0.25) is 0 Å². The minimum absolute atomic E-state index is 0.418. The second kappa shape index (κ2) is 19.5. The van der Waals surface area contributed by atoms with Crippen LogP contribution in [0.3, 0.4) is 0 Å². The Bertz CT molecular complexity index is 339. The number of nitrogens with zero attached hydrogens (tertiary/aromatic N) is 1. The van der Waals surface area contributed by atoms with Gasteiger partial charge in [-0.2, -0.15) is 0 Å². The fourth-order valence-corrected chi connectivity index (χ4v) is 3.25. The van der Waals surface area contributed by atoms with E-state index in [9.17, 15) is 4.79 Å². The van der Waals surface area contributed by atoms with Crippen molar-refractivity contribution in [2.75, 3.05) is 40.9 Å². The largest absolute Gasteiger partial charge is 0.508 e. The summed E-state index contributed by atoms with van der Waals surface area (Å²) >= 11 is 0. The number of carbonyl (C=O) groups is 1. The van der Waals surface area contributed by atoms with Crippen LogP contribution in [-0.2, 0) is 9.47 Å². The summed E-state index contributed by atoms with van der Waals surface area (Å²) in [5.74, 6) is 0. The van der Waals surface area contributed by atoms with Gasteiger partial charge in [-0.3, -0.25) is 0 Å². The zero-order valence-electron chi connectivity index (χ0n) is 19.6. The fraction of sp³-hybridized carbons (Fsp3) is 0.958. The van der Waals surface area contributed by atoms with Crippen molar-refractivity contribution in [3.63, 3.8) is 0 Å². The lowest BCUT2D eigenvalue weighted by Crippen LogP contribution is -2.38. The first-order valence-corrected chi connectivity index (χ1v) is 12.1. The first-order chi connectivity index (χ1) is 13.5. The van der Waals surface area contributed by atoms with Gasteiger partial charge < -0.3 is 14.0 Å². The van der Waals surface area contributed by atoms with Gasteiger partial charge >= 0.3 is 6.16 Å². The molecule has 0 spiro atoms. The summed E-state index contributed by atoms with van der Waals surface area (Å²) in [7, 11) is 6.22. The van der Waals surface area contributed by atoms with E-state index >= 15 is 0 Å². The third-order valence-corrected chi connectivity index (χ3v) is 5.20. The maximum absolute atomic E-state index is 11.4. The normalized spacial score (nSPS) is 11.6. The second-order valence-corrected chi connectivity index (χ2v) is 9.26. The van der Waals surface area contributed by atoms with Gasteiger partial charge in [0.15, 0.2) is 0 Å². The Balaban J connectivity index is 3.15. The predicted octanol–water partition coefficient (Wildman–Crippen LogP) is 7.11. The number of likely N-dealkylation sites (N-methyl/N-ethyl adjacent to an activating group) is 1. The van der Waals surface area contributed by atoms with Crippen LogP contribution in [0.2, 0.25) is 0 Å². The molecule has 0 N–H and O–H groups in total. The molecular weight excluding hydrogens is 350 g/mol. The summed E-state index contributed by atoms with van der Waals surface area (Å²) in [6.07, 6.45) is 21.1. The smallest absolute Gasteiger partial charge is 0.434 e. The first kappa shape index (κ1) is 27.2. The first-order valence-electron chi connectivity index (χ1n) is 12.1. The van der Waals surface area contributed by atoms with Gasteiger partial charge in [0, 0.05) is 0 Å². The minimum atomic E-state index is -0.519. The highest BCUT2D eigenvalue weighted by Gasteiger charge is 2.09. The van der Waals surface area contributed by atoms with Crippen molar-refractivity contribution in [3.05, 3.63) is 0 Å². The van der Waals surface area contributed by atoms with Gasteiger partial charge in [-0.25, -0.2) is 4.79 Å². The van der Waals surface area contributed by atoms with E-state index in [2.05, 4.69) is 28.1 Å². The number of quaternary nitrogens is 1. The predicted molar refractivity (Wildman–Crippen MR) is 120 cm³/mol. The standard InChI is InChI=1S/C24H50NO3/c1-5-6-7-8-9-10-11-12-13-14-15-16-17-18-19-20-22-27-24(26)28-23-21-25(2,3)4/h5-23H2,1-4H3/q+1. The van der Waals surface area contributed by atoms with Crippen LogP contribution in [0.1, 0.15) is 110 Å². The van der Waals surface area contributed by atoms with Crippen LogP contribution < -0.4 is 0 Å². The highest BCUT2D eigenvalue weighted by atomic mass is 16.7. The highest BCUT2D eigenvalue weighted by Crippen LogP contribution is 2.13. The second-order valence-electron chi connectivity index (χ2n) is 9.26. The minimum Gasteiger partial charge on any atom is -0.434 e. The third-order valence-electron chi connectivity index (χ3n) is 5.20. The quantitative estimate of drug-likeness (QED) is 0.124. The van der Waals surface area contributed by atoms with Crippen molar-refractivity contribution in [1.29, 1.82) is 0 Å². The molecule has 0 aliphatic carbocycles. The number of hydrogen-bond donors (Lipinski definition) is 0. The number of hydrogen-bond acceptors (Lipinski definition) is 3. The summed E-state index contributed by atoms with van der Waals surface area (Å²) in [5.41, 5.74) is 0. The van der Waals surface area contributed by atoms with Crippen LogP contribution >= 0.6 is 0 Å². The molecule has 0 unspecified atom stereocenters. The van der Waals surface area contributed by atoms with Crippen LogP contribution in [0, 0.1) is 0 Å². The van der Waals surface area contributed by atoms with E-state index in [1.807, 2.05) is 0 Å². The Morgan fingerprint density at radius 1 is 0.571 bits per heavy atom. The van der Waals surface area contributed by atoms with E-state index in [-0.39, 0.29) is 0 Å². The Labute approximate surface area is 175 Å². The number of ether oxygens (including phenoxy) is 2. The zero-order chi connectivity index (χ0) is 20.9. The van der Waals surface area contributed by atoms with E-state index < -0.39 is 6.16 Å². The zero-order valence-corrected chi connectivity index (χ0v) is 19.6. The maximum Gasteiger partial charge on any atom is 0.508 e. The molecule has 4 heteroatoms. The van der Waals surface area contributed by atoms with Gasteiger partial charge in [-0.05, 0) is 6.42 Å². The summed E-state index contributed by atoms with van der Waals surface area (Å²) in [4.78, 5) is 11.4. The van der Waals surface area contributed by atoms with Crippen LogP contribution in [0.25, 0.3) is 0 Å². The molecule has 0 fully saturated rings. The molecule has 4 nitrogen and oxygen atoms in total. The number of unbranched alkanes of at least 4 members (excludes halogenated alkanes) is 15. The molecule has 0 aliphatic heterocycles. The molecule has 0 aliphatic rings. The van der Waals surface area contributed by atoms with Crippen molar-refractivity contribution in [1.82, 2.24) is 0 Å². The van der Waals surface area contributed by atoms with Gasteiger partial charge in [0.05, 0.1) is 27.7 Å². The number of carbonyl (C=O) groups excluding carboxylic acids is 1. The lowest BCUT2D eigenvalue weighted by atomic mass is 10.0. The van der Waals surface area contributed by atoms with E-state index in [1.165, 1.54) is 89.9 Å². The van der Waals surface area contributed by atoms with Crippen LogP contribution in [-0.4, -0.2) is 51.5 Å². The molecule has 0 aromatic carbocycles. The molecule has 0 amide bonds. The van der Waals surface area contributed by atoms with Crippen LogP contribution in [0.4, 0.5) is 4.79 Å². The molecule has 0 rings (SSSR count).